The van der Waals surface area contributed by atoms with Crippen LogP contribution in [-0.2, 0) is 44.7 Å². The zero-order chi connectivity index (χ0) is 23.0. The molecule has 2 rings (SSSR count). The van der Waals surface area contributed by atoms with Crippen molar-refractivity contribution in [3.05, 3.63) is 34.9 Å². The van der Waals surface area contributed by atoms with E-state index in [-0.39, 0.29) is 13.2 Å². The highest BCUT2D eigenvalue weighted by Gasteiger charge is 2.50. The van der Waals surface area contributed by atoms with Gasteiger partial charge in [-0.2, -0.15) is 0 Å². The summed E-state index contributed by atoms with van der Waals surface area (Å²) in [5, 5.41) is 0.589. The molecule has 0 spiro atoms. The molecule has 1 heterocycles. The Kier molecular flexibility index (Phi) is 10.1. The fourth-order valence-electron chi connectivity index (χ4n) is 3.12. The van der Waals surface area contributed by atoms with Crippen LogP contribution in [0.3, 0.4) is 0 Å². The molecular formula is C21H27ClO8S. The summed E-state index contributed by atoms with van der Waals surface area (Å²) in [6.07, 6.45) is -3.43. The van der Waals surface area contributed by atoms with Gasteiger partial charge in [0.05, 0.1) is 6.61 Å². The zero-order valence-electron chi connectivity index (χ0n) is 17.9. The zero-order valence-corrected chi connectivity index (χ0v) is 19.4. The van der Waals surface area contributed by atoms with Crippen LogP contribution in [-0.4, -0.2) is 60.1 Å². The summed E-state index contributed by atoms with van der Waals surface area (Å²) in [7, 11) is 0. The van der Waals surface area contributed by atoms with E-state index in [2.05, 4.69) is 0 Å². The molecule has 10 heteroatoms. The van der Waals surface area contributed by atoms with Gasteiger partial charge in [0, 0.05) is 25.8 Å². The number of carbonyl (C=O) groups excluding carboxylic acids is 3. The van der Waals surface area contributed by atoms with Gasteiger partial charge < -0.3 is 23.7 Å². The van der Waals surface area contributed by atoms with Crippen molar-refractivity contribution in [2.75, 3.05) is 12.4 Å². The number of benzene rings is 1. The molecule has 0 aliphatic carbocycles. The Hall–Kier alpha value is -1.81. The van der Waals surface area contributed by atoms with E-state index in [0.29, 0.717) is 10.8 Å². The molecule has 1 aliphatic heterocycles. The first-order valence-corrected chi connectivity index (χ1v) is 11.2. The quantitative estimate of drug-likeness (QED) is 0.395. The molecule has 31 heavy (non-hydrogen) atoms. The largest absolute Gasteiger partial charge is 0.463 e. The van der Waals surface area contributed by atoms with Crippen molar-refractivity contribution in [3.63, 3.8) is 0 Å². The molecule has 172 valence electrons. The van der Waals surface area contributed by atoms with Crippen molar-refractivity contribution in [2.45, 2.75) is 64.2 Å². The summed E-state index contributed by atoms with van der Waals surface area (Å²) < 4.78 is 28.3. The molecule has 0 bridgehead atoms. The van der Waals surface area contributed by atoms with E-state index in [1.807, 2.05) is 6.92 Å². The number of hydrogen-bond acceptors (Lipinski definition) is 9. The molecule has 0 saturated carbocycles. The van der Waals surface area contributed by atoms with Crippen LogP contribution in [0.2, 0.25) is 5.02 Å². The maximum absolute atomic E-state index is 11.8. The molecule has 0 amide bonds. The summed E-state index contributed by atoms with van der Waals surface area (Å²) in [5.41, 5.74) is 0.228. The number of hydrogen-bond donors (Lipinski definition) is 0. The fraction of sp³-hybridized carbons (Fsp3) is 0.571. The van der Waals surface area contributed by atoms with Gasteiger partial charge in [-0.15, -0.1) is 11.8 Å². The van der Waals surface area contributed by atoms with Crippen LogP contribution < -0.4 is 0 Å². The molecule has 1 fully saturated rings. The minimum atomic E-state index is -0.956. The Morgan fingerprint density at radius 3 is 2.13 bits per heavy atom. The van der Waals surface area contributed by atoms with Crippen LogP contribution in [0.15, 0.2) is 24.3 Å². The predicted octanol–water partition coefficient (Wildman–Crippen LogP) is 3.13. The summed E-state index contributed by atoms with van der Waals surface area (Å²) >= 11 is 7.35. The van der Waals surface area contributed by atoms with Crippen LogP contribution in [0.5, 0.6) is 0 Å². The number of esters is 3. The third kappa shape index (κ3) is 7.99. The molecule has 1 aromatic rings. The maximum Gasteiger partial charge on any atom is 0.303 e. The van der Waals surface area contributed by atoms with Crippen molar-refractivity contribution < 1.29 is 38.1 Å². The van der Waals surface area contributed by atoms with E-state index in [4.69, 9.17) is 35.3 Å². The minimum Gasteiger partial charge on any atom is -0.463 e. The molecule has 1 aromatic carbocycles. The SMILES string of the molecule is CCS[C@@H]1O[C@H](COC(C)=O)[C@@H](OC(C)=O)[C@H](OCc2ccc(Cl)cc2)[C@H]1OC(C)=O. The normalized spacial score (nSPS) is 25.5. The van der Waals surface area contributed by atoms with Gasteiger partial charge >= 0.3 is 17.9 Å². The van der Waals surface area contributed by atoms with Gasteiger partial charge in [0.25, 0.3) is 0 Å². The minimum absolute atomic E-state index is 0.137. The Bertz CT molecular complexity index is 756. The molecular weight excluding hydrogens is 448 g/mol. The third-order valence-electron chi connectivity index (χ3n) is 4.33. The molecule has 0 N–H and O–H groups in total. The first kappa shape index (κ1) is 25.5. The molecule has 0 aromatic heterocycles. The van der Waals surface area contributed by atoms with Gasteiger partial charge in [0.2, 0.25) is 0 Å². The van der Waals surface area contributed by atoms with E-state index >= 15 is 0 Å². The average Bonchev–Trinajstić information content (AvgIpc) is 2.68. The van der Waals surface area contributed by atoms with Crippen LogP contribution in [0.25, 0.3) is 0 Å². The van der Waals surface area contributed by atoms with Gasteiger partial charge in [0.1, 0.15) is 24.3 Å². The Morgan fingerprint density at radius 2 is 1.58 bits per heavy atom. The van der Waals surface area contributed by atoms with E-state index in [0.717, 1.165) is 5.56 Å². The Balaban J connectivity index is 2.34. The molecule has 0 radical (unpaired) electrons. The number of thioether (sulfide) groups is 1. The van der Waals surface area contributed by atoms with Crippen molar-refractivity contribution in [2.24, 2.45) is 0 Å². The second-order valence-electron chi connectivity index (χ2n) is 6.85. The van der Waals surface area contributed by atoms with Gasteiger partial charge in [-0.3, -0.25) is 14.4 Å². The predicted molar refractivity (Wildman–Crippen MR) is 115 cm³/mol. The highest BCUT2D eigenvalue weighted by atomic mass is 35.5. The highest BCUT2D eigenvalue weighted by Crippen LogP contribution is 2.34. The number of rotatable bonds is 9. The standard InChI is InChI=1S/C21H27ClO8S/c1-5-31-21-20(29-14(4)25)19(27-10-15-6-8-16(22)9-7-15)18(28-13(3)24)17(30-21)11-26-12(2)23/h6-9,17-21H,5,10-11H2,1-4H3/t17-,18-,19+,20-,21+/m1/s1. The topological polar surface area (TPSA) is 97.4 Å². The summed E-state index contributed by atoms with van der Waals surface area (Å²) in [5.74, 6) is -0.907. The fourth-order valence-corrected chi connectivity index (χ4v) is 4.20. The number of halogens is 1. The molecule has 1 saturated heterocycles. The molecule has 0 unspecified atom stereocenters. The lowest BCUT2D eigenvalue weighted by atomic mass is 9.99. The summed E-state index contributed by atoms with van der Waals surface area (Å²) in [6.45, 7) is 5.77. The van der Waals surface area contributed by atoms with Crippen LogP contribution in [0.4, 0.5) is 0 Å². The molecule has 5 atom stereocenters. The second-order valence-corrected chi connectivity index (χ2v) is 8.66. The Labute approximate surface area is 190 Å². The lowest BCUT2D eigenvalue weighted by Gasteiger charge is -2.44. The van der Waals surface area contributed by atoms with Crippen molar-refractivity contribution >= 4 is 41.3 Å². The van der Waals surface area contributed by atoms with Crippen molar-refractivity contribution in [1.82, 2.24) is 0 Å². The maximum atomic E-state index is 11.8. The van der Waals surface area contributed by atoms with E-state index in [1.54, 1.807) is 24.3 Å². The first-order chi connectivity index (χ1) is 14.7. The first-order valence-electron chi connectivity index (χ1n) is 9.82. The van der Waals surface area contributed by atoms with E-state index < -0.39 is 47.8 Å². The summed E-state index contributed by atoms with van der Waals surface area (Å²) in [6, 6.07) is 7.07. The van der Waals surface area contributed by atoms with Gasteiger partial charge in [-0.25, -0.2) is 0 Å². The number of carbonyl (C=O) groups is 3. The van der Waals surface area contributed by atoms with Gasteiger partial charge in [0.15, 0.2) is 12.2 Å². The lowest BCUT2D eigenvalue weighted by Crippen LogP contribution is -2.61. The second kappa shape index (κ2) is 12.3. The summed E-state index contributed by atoms with van der Waals surface area (Å²) in [4.78, 5) is 35.0. The lowest BCUT2D eigenvalue weighted by molar-refractivity contribution is -0.241. The highest BCUT2D eigenvalue weighted by molar-refractivity contribution is 7.99. The number of ether oxygens (including phenoxy) is 5. The smallest absolute Gasteiger partial charge is 0.303 e. The van der Waals surface area contributed by atoms with Crippen LogP contribution in [0.1, 0.15) is 33.3 Å². The van der Waals surface area contributed by atoms with Gasteiger partial charge in [-0.1, -0.05) is 30.7 Å². The third-order valence-corrected chi connectivity index (χ3v) is 5.63. The van der Waals surface area contributed by atoms with E-state index in [9.17, 15) is 14.4 Å². The van der Waals surface area contributed by atoms with Crippen molar-refractivity contribution in [1.29, 1.82) is 0 Å². The molecule has 8 nitrogen and oxygen atoms in total. The average molecular weight is 475 g/mol. The van der Waals surface area contributed by atoms with E-state index in [1.165, 1.54) is 32.5 Å². The Morgan fingerprint density at radius 1 is 0.968 bits per heavy atom. The van der Waals surface area contributed by atoms with Crippen LogP contribution in [0, 0.1) is 0 Å². The van der Waals surface area contributed by atoms with Crippen LogP contribution >= 0.6 is 23.4 Å². The van der Waals surface area contributed by atoms with Crippen molar-refractivity contribution in [3.8, 4) is 0 Å². The van der Waals surface area contributed by atoms with Gasteiger partial charge in [-0.05, 0) is 23.4 Å². The molecule has 1 aliphatic rings. The monoisotopic (exact) mass is 474 g/mol.